The van der Waals surface area contributed by atoms with E-state index in [1.165, 1.54) is 4.90 Å². The summed E-state index contributed by atoms with van der Waals surface area (Å²) >= 11 is 0. The molecule has 0 unspecified atom stereocenters. The lowest BCUT2D eigenvalue weighted by atomic mass is 10.0. The molecular weight excluding hydrogens is 394 g/mol. The monoisotopic (exact) mass is 417 g/mol. The molecule has 158 valence electrons. The molecule has 3 N–H and O–H groups in total. The number of primary amides is 1. The van der Waals surface area contributed by atoms with E-state index in [-0.39, 0.29) is 18.2 Å². The zero-order valence-electron chi connectivity index (χ0n) is 17.6. The molecule has 4 rings (SSSR count). The molecule has 1 aliphatic rings. The molecule has 0 radical (unpaired) electrons. The van der Waals surface area contributed by atoms with E-state index in [0.29, 0.717) is 17.8 Å². The quantitative estimate of drug-likeness (QED) is 0.630. The van der Waals surface area contributed by atoms with Gasteiger partial charge in [-0.25, -0.2) is 4.98 Å². The number of fused-ring (bicyclic) bond motifs is 1. The number of hydrogen-bond donors (Lipinski definition) is 2. The molecule has 1 aliphatic heterocycles. The topological polar surface area (TPSA) is 114 Å². The van der Waals surface area contributed by atoms with E-state index in [0.717, 1.165) is 16.5 Å². The fraction of sp³-hybridized carbons (Fsp3) is 0.304. The third-order valence-electron chi connectivity index (χ3n) is 5.40. The molecule has 3 aromatic rings. The lowest BCUT2D eigenvalue weighted by molar-refractivity contribution is -0.137. The number of hydrogen-bond acceptors (Lipinski definition) is 5. The van der Waals surface area contributed by atoms with Gasteiger partial charge in [0, 0.05) is 42.6 Å². The zero-order valence-corrected chi connectivity index (χ0v) is 17.6. The number of carbonyl (C=O) groups is 2. The summed E-state index contributed by atoms with van der Waals surface area (Å²) in [6, 6.07) is 8.99. The number of likely N-dealkylation sites (N-methyl/N-ethyl adjacent to an activating group) is 1. The lowest BCUT2D eigenvalue weighted by Crippen LogP contribution is -2.37. The van der Waals surface area contributed by atoms with Crippen LogP contribution in [0.2, 0.25) is 0 Å². The second kappa shape index (κ2) is 7.52. The third-order valence-corrected chi connectivity index (χ3v) is 5.40. The Kier molecular flexibility index (Phi) is 4.99. The Morgan fingerprint density at radius 1 is 1.32 bits per heavy atom. The minimum atomic E-state index is -1.67. The Balaban J connectivity index is 1.81. The van der Waals surface area contributed by atoms with Crippen LogP contribution in [0.1, 0.15) is 42.4 Å². The number of rotatable bonds is 3. The highest BCUT2D eigenvalue weighted by Crippen LogP contribution is 2.29. The Hall–Kier alpha value is -3.70. The maximum Gasteiger partial charge on any atom is 0.267 e. The average Bonchev–Trinajstić information content (AvgIpc) is 3.29. The highest BCUT2D eigenvalue weighted by molar-refractivity contribution is 5.99. The van der Waals surface area contributed by atoms with Crippen LogP contribution in [0.25, 0.3) is 22.2 Å². The largest absolute Gasteiger partial charge is 0.369 e. The van der Waals surface area contributed by atoms with E-state index >= 15 is 0 Å². The normalized spacial score (nSPS) is 18.5. The van der Waals surface area contributed by atoms with Crippen molar-refractivity contribution >= 4 is 22.7 Å². The Labute approximate surface area is 179 Å². The first-order chi connectivity index (χ1) is 14.7. The number of aliphatic hydroxyl groups is 1. The minimum Gasteiger partial charge on any atom is -0.369 e. The molecule has 0 saturated carbocycles. The summed E-state index contributed by atoms with van der Waals surface area (Å²) in [5.41, 5.74) is 6.67. The second-order valence-corrected chi connectivity index (χ2v) is 8.00. The minimum absolute atomic E-state index is 0.0912. The Bertz CT molecular complexity index is 1270. The van der Waals surface area contributed by atoms with Crippen LogP contribution in [-0.4, -0.2) is 55.8 Å². The van der Waals surface area contributed by atoms with E-state index in [1.54, 1.807) is 31.4 Å². The number of pyridine rings is 1. The number of aromatic nitrogens is 3. The van der Waals surface area contributed by atoms with Crippen molar-refractivity contribution in [2.45, 2.75) is 31.9 Å². The number of amides is 2. The molecule has 0 aliphatic carbocycles. The fourth-order valence-electron chi connectivity index (χ4n) is 3.69. The van der Waals surface area contributed by atoms with Crippen LogP contribution in [0.5, 0.6) is 0 Å². The number of nitrogens with two attached hydrogens (primary N) is 1. The number of carbonyl (C=O) groups excluding carboxylic acids is 2. The van der Waals surface area contributed by atoms with Gasteiger partial charge in [-0.15, -0.1) is 0 Å². The summed E-state index contributed by atoms with van der Waals surface area (Å²) < 4.78 is 1.81. The predicted molar refractivity (Wildman–Crippen MR) is 116 cm³/mol. The first-order valence-corrected chi connectivity index (χ1v) is 9.99. The summed E-state index contributed by atoms with van der Waals surface area (Å²) in [5.74, 6) is 4.61. The molecule has 31 heavy (non-hydrogen) atoms. The van der Waals surface area contributed by atoms with Gasteiger partial charge in [-0.1, -0.05) is 24.0 Å². The van der Waals surface area contributed by atoms with Gasteiger partial charge >= 0.3 is 0 Å². The van der Waals surface area contributed by atoms with Crippen molar-refractivity contribution < 1.29 is 14.7 Å². The molecule has 1 atom stereocenters. The van der Waals surface area contributed by atoms with Gasteiger partial charge < -0.3 is 15.7 Å². The predicted octanol–water partition coefficient (Wildman–Crippen LogP) is 1.72. The molecule has 0 bridgehead atoms. The van der Waals surface area contributed by atoms with Crippen LogP contribution < -0.4 is 5.73 Å². The van der Waals surface area contributed by atoms with Gasteiger partial charge in [-0.05, 0) is 32.0 Å². The van der Waals surface area contributed by atoms with Crippen molar-refractivity contribution in [2.75, 3.05) is 13.6 Å². The summed E-state index contributed by atoms with van der Waals surface area (Å²) in [6.07, 6.45) is 1.99. The summed E-state index contributed by atoms with van der Waals surface area (Å²) in [7, 11) is 1.64. The molecule has 1 saturated heterocycles. The van der Waals surface area contributed by atoms with Crippen molar-refractivity contribution in [1.29, 1.82) is 0 Å². The molecular formula is C23H23N5O3. The lowest BCUT2D eigenvalue weighted by Gasteiger charge is -2.13. The van der Waals surface area contributed by atoms with Gasteiger partial charge in [-0.3, -0.25) is 14.3 Å². The summed E-state index contributed by atoms with van der Waals surface area (Å²) in [4.78, 5) is 30.0. The van der Waals surface area contributed by atoms with Crippen molar-refractivity contribution in [3.63, 3.8) is 0 Å². The first kappa shape index (κ1) is 20.6. The maximum atomic E-state index is 12.2. The summed E-state index contributed by atoms with van der Waals surface area (Å²) in [6.45, 7) is 4.46. The van der Waals surface area contributed by atoms with Gasteiger partial charge in [0.15, 0.2) is 0 Å². The number of likely N-dealkylation sites (tertiary alicyclic amines) is 1. The van der Waals surface area contributed by atoms with Crippen LogP contribution in [-0.2, 0) is 4.79 Å². The van der Waals surface area contributed by atoms with Crippen LogP contribution in [0, 0.1) is 11.8 Å². The second-order valence-electron chi connectivity index (χ2n) is 8.00. The Morgan fingerprint density at radius 3 is 2.74 bits per heavy atom. The standard InChI is InChI=1S/C23H23N5O3/c1-14(2)28-19-12-18(21(24)29)26-20(17(19)13-25-28)16-6-4-5-15(11-16)7-8-23(31)9-10-27(3)22(23)30/h4-6,11-14,31H,9-10H2,1-3H3,(H2,24,29)/t23-/m0/s1. The van der Waals surface area contributed by atoms with Gasteiger partial charge in [0.25, 0.3) is 11.8 Å². The first-order valence-electron chi connectivity index (χ1n) is 9.99. The molecule has 1 aromatic carbocycles. The van der Waals surface area contributed by atoms with E-state index in [9.17, 15) is 14.7 Å². The average molecular weight is 417 g/mol. The number of benzene rings is 1. The van der Waals surface area contributed by atoms with Crippen molar-refractivity contribution in [2.24, 2.45) is 5.73 Å². The van der Waals surface area contributed by atoms with Crippen LogP contribution in [0.3, 0.4) is 0 Å². The highest BCUT2D eigenvalue weighted by atomic mass is 16.3. The highest BCUT2D eigenvalue weighted by Gasteiger charge is 2.42. The molecule has 8 nitrogen and oxygen atoms in total. The molecule has 0 spiro atoms. The Morgan fingerprint density at radius 2 is 2.10 bits per heavy atom. The number of nitrogens with zero attached hydrogens (tertiary/aromatic N) is 4. The molecule has 1 fully saturated rings. The third kappa shape index (κ3) is 3.64. The van der Waals surface area contributed by atoms with Crippen LogP contribution >= 0.6 is 0 Å². The van der Waals surface area contributed by atoms with Gasteiger partial charge in [0.05, 0.1) is 17.4 Å². The van der Waals surface area contributed by atoms with Gasteiger partial charge in [0.1, 0.15) is 5.69 Å². The van der Waals surface area contributed by atoms with E-state index in [4.69, 9.17) is 5.73 Å². The smallest absolute Gasteiger partial charge is 0.267 e. The molecule has 2 aromatic heterocycles. The van der Waals surface area contributed by atoms with Crippen molar-refractivity contribution in [3.05, 3.63) is 47.8 Å². The van der Waals surface area contributed by atoms with E-state index in [1.807, 2.05) is 30.7 Å². The van der Waals surface area contributed by atoms with Crippen molar-refractivity contribution in [3.8, 4) is 23.1 Å². The maximum absolute atomic E-state index is 12.2. The van der Waals surface area contributed by atoms with Crippen LogP contribution in [0.4, 0.5) is 0 Å². The van der Waals surface area contributed by atoms with Crippen molar-refractivity contribution in [1.82, 2.24) is 19.7 Å². The van der Waals surface area contributed by atoms with Gasteiger partial charge in [0.2, 0.25) is 5.60 Å². The molecule has 8 heteroatoms. The summed E-state index contributed by atoms with van der Waals surface area (Å²) in [5, 5.41) is 15.8. The van der Waals surface area contributed by atoms with Crippen LogP contribution in [0.15, 0.2) is 36.5 Å². The van der Waals surface area contributed by atoms with E-state index in [2.05, 4.69) is 21.9 Å². The van der Waals surface area contributed by atoms with Gasteiger partial charge in [-0.2, -0.15) is 5.10 Å². The molecule has 3 heterocycles. The fourth-order valence-corrected chi connectivity index (χ4v) is 3.69. The zero-order chi connectivity index (χ0) is 22.3. The SMILES string of the molecule is CC(C)n1ncc2c(-c3cccc(C#C[C@]4(O)CCN(C)C4=O)c3)nc(C(N)=O)cc21. The molecule has 2 amide bonds. The van der Waals surface area contributed by atoms with E-state index < -0.39 is 17.4 Å².